The van der Waals surface area contributed by atoms with Crippen LogP contribution in [-0.2, 0) is 20.7 Å². The van der Waals surface area contributed by atoms with E-state index in [0.717, 1.165) is 12.8 Å². The molecule has 0 radical (unpaired) electrons. The monoisotopic (exact) mass is 246 g/mol. The van der Waals surface area contributed by atoms with Gasteiger partial charge in [0.2, 0.25) is 0 Å². The fraction of sp³-hybridized carbons (Fsp3) is 0.467. The van der Waals surface area contributed by atoms with Crippen molar-refractivity contribution in [1.29, 1.82) is 0 Å². The lowest BCUT2D eigenvalue weighted by molar-refractivity contribution is -0.145. The highest BCUT2D eigenvalue weighted by Gasteiger charge is 2.39. The molecule has 1 fully saturated rings. The van der Waals surface area contributed by atoms with Gasteiger partial charge >= 0.3 is 5.97 Å². The lowest BCUT2D eigenvalue weighted by atomic mass is 9.81. The minimum atomic E-state index is -0.276. The number of ether oxygens (including phenoxy) is 1. The molecule has 0 spiro atoms. The maximum absolute atomic E-state index is 11.6. The van der Waals surface area contributed by atoms with Crippen LogP contribution < -0.4 is 0 Å². The number of ketones is 1. The summed E-state index contributed by atoms with van der Waals surface area (Å²) in [7, 11) is 0. The number of hydrogen-bond acceptors (Lipinski definition) is 3. The molecular formula is C15H18O3. The van der Waals surface area contributed by atoms with Crippen molar-refractivity contribution in [1.82, 2.24) is 0 Å². The third-order valence-corrected chi connectivity index (χ3v) is 3.51. The lowest BCUT2D eigenvalue weighted by Crippen LogP contribution is -2.28. The summed E-state index contributed by atoms with van der Waals surface area (Å²) < 4.78 is 5.16. The van der Waals surface area contributed by atoms with Crippen LogP contribution in [0.25, 0.3) is 0 Å². The Morgan fingerprint density at radius 3 is 2.61 bits per heavy atom. The molecule has 3 nitrogen and oxygen atoms in total. The smallest absolute Gasteiger partial charge is 0.302 e. The third-order valence-electron chi connectivity index (χ3n) is 3.51. The van der Waals surface area contributed by atoms with E-state index < -0.39 is 0 Å². The summed E-state index contributed by atoms with van der Waals surface area (Å²) in [6.07, 6.45) is 2.74. The van der Waals surface area contributed by atoms with Crippen molar-refractivity contribution in [3.05, 3.63) is 35.9 Å². The first-order valence-electron chi connectivity index (χ1n) is 6.29. The molecule has 1 aromatic rings. The lowest BCUT2D eigenvalue weighted by Gasteiger charge is -2.27. The van der Waals surface area contributed by atoms with E-state index >= 15 is 0 Å². The van der Waals surface area contributed by atoms with Crippen LogP contribution in [0.1, 0.15) is 31.7 Å². The van der Waals surface area contributed by atoms with Crippen molar-refractivity contribution in [3.8, 4) is 0 Å². The van der Waals surface area contributed by atoms with Crippen LogP contribution in [0, 0.1) is 5.41 Å². The van der Waals surface area contributed by atoms with Crippen molar-refractivity contribution < 1.29 is 14.3 Å². The number of Topliss-reactive ketones (excluding diaryl/α,β-unsaturated/α-hetero) is 1. The molecule has 1 atom stereocenters. The number of carbonyl (C=O) groups excluding carboxylic acids is 2. The Hall–Kier alpha value is -1.64. The molecule has 1 aliphatic rings. The van der Waals surface area contributed by atoms with Crippen molar-refractivity contribution in [3.63, 3.8) is 0 Å². The number of benzene rings is 1. The van der Waals surface area contributed by atoms with Gasteiger partial charge in [0.25, 0.3) is 0 Å². The van der Waals surface area contributed by atoms with E-state index in [4.69, 9.17) is 4.74 Å². The van der Waals surface area contributed by atoms with E-state index in [1.165, 1.54) is 12.5 Å². The maximum atomic E-state index is 11.6. The highest BCUT2D eigenvalue weighted by atomic mass is 16.5. The van der Waals surface area contributed by atoms with Gasteiger partial charge in [-0.3, -0.25) is 9.59 Å². The fourth-order valence-electron chi connectivity index (χ4n) is 2.61. The molecule has 0 heterocycles. The van der Waals surface area contributed by atoms with E-state index in [9.17, 15) is 9.59 Å². The molecule has 0 aromatic heterocycles. The Morgan fingerprint density at radius 1 is 1.33 bits per heavy atom. The molecule has 96 valence electrons. The second kappa shape index (κ2) is 5.34. The van der Waals surface area contributed by atoms with Gasteiger partial charge in [-0.2, -0.15) is 0 Å². The number of carbonyl (C=O) groups is 2. The van der Waals surface area contributed by atoms with Gasteiger partial charge in [0.15, 0.2) is 0 Å². The van der Waals surface area contributed by atoms with Gasteiger partial charge in [-0.25, -0.2) is 0 Å². The Morgan fingerprint density at radius 2 is 2.06 bits per heavy atom. The first-order valence-corrected chi connectivity index (χ1v) is 6.29. The molecule has 18 heavy (non-hydrogen) atoms. The predicted octanol–water partition coefficient (Wildman–Crippen LogP) is 2.53. The van der Waals surface area contributed by atoms with Crippen LogP contribution in [0.2, 0.25) is 0 Å². The van der Waals surface area contributed by atoms with Gasteiger partial charge in [0, 0.05) is 25.2 Å². The van der Waals surface area contributed by atoms with E-state index in [1.54, 1.807) is 0 Å². The standard InChI is InChI=1S/C15H18O3/c1-12(16)18-11-15(8-7-14(17)10-15)9-13-5-3-2-4-6-13/h2-6H,7-11H2,1H3. The van der Waals surface area contributed by atoms with Crippen molar-refractivity contribution >= 4 is 11.8 Å². The second-order valence-electron chi connectivity index (χ2n) is 5.16. The molecule has 0 saturated heterocycles. The Bertz CT molecular complexity index is 438. The molecule has 0 N–H and O–H groups in total. The summed E-state index contributed by atoms with van der Waals surface area (Å²) in [6, 6.07) is 10.1. The first-order chi connectivity index (χ1) is 8.60. The second-order valence-corrected chi connectivity index (χ2v) is 5.16. The van der Waals surface area contributed by atoms with Gasteiger partial charge in [0.1, 0.15) is 5.78 Å². The molecule has 1 aliphatic carbocycles. The van der Waals surface area contributed by atoms with Crippen LogP contribution in [0.4, 0.5) is 0 Å². The van der Waals surface area contributed by atoms with Crippen LogP contribution in [0.5, 0.6) is 0 Å². The third kappa shape index (κ3) is 3.19. The molecule has 1 aromatic carbocycles. The average molecular weight is 246 g/mol. The van der Waals surface area contributed by atoms with Crippen molar-refractivity contribution in [2.45, 2.75) is 32.6 Å². The SMILES string of the molecule is CC(=O)OCC1(Cc2ccccc2)CCC(=O)C1. The van der Waals surface area contributed by atoms with Crippen LogP contribution in [0.3, 0.4) is 0 Å². The Balaban J connectivity index is 2.10. The van der Waals surface area contributed by atoms with Crippen LogP contribution in [-0.4, -0.2) is 18.4 Å². The Kier molecular flexibility index (Phi) is 3.80. The number of rotatable bonds is 4. The van der Waals surface area contributed by atoms with Crippen molar-refractivity contribution in [2.75, 3.05) is 6.61 Å². The summed E-state index contributed by atoms with van der Waals surface area (Å²) >= 11 is 0. The molecule has 1 saturated carbocycles. The largest absolute Gasteiger partial charge is 0.465 e. The summed E-state index contributed by atoms with van der Waals surface area (Å²) in [4.78, 5) is 22.5. The zero-order valence-electron chi connectivity index (χ0n) is 10.6. The average Bonchev–Trinajstić information content (AvgIpc) is 2.70. The molecule has 0 aliphatic heterocycles. The van der Waals surface area contributed by atoms with Gasteiger partial charge in [-0.15, -0.1) is 0 Å². The van der Waals surface area contributed by atoms with Crippen LogP contribution in [0.15, 0.2) is 30.3 Å². The van der Waals surface area contributed by atoms with Gasteiger partial charge in [0.05, 0.1) is 6.61 Å². The molecule has 2 rings (SSSR count). The normalized spacial score (nSPS) is 23.1. The zero-order valence-corrected chi connectivity index (χ0v) is 10.6. The summed E-state index contributed by atoms with van der Waals surface area (Å²) in [5.74, 6) is -0.000121. The van der Waals surface area contributed by atoms with Gasteiger partial charge in [-0.05, 0) is 18.4 Å². The van der Waals surface area contributed by atoms with E-state index in [-0.39, 0.29) is 17.2 Å². The number of hydrogen-bond donors (Lipinski definition) is 0. The topological polar surface area (TPSA) is 43.4 Å². The molecule has 0 bridgehead atoms. The molecular weight excluding hydrogens is 228 g/mol. The maximum Gasteiger partial charge on any atom is 0.302 e. The highest BCUT2D eigenvalue weighted by molar-refractivity contribution is 5.81. The summed E-state index contributed by atoms with van der Waals surface area (Å²) in [6.45, 7) is 1.76. The summed E-state index contributed by atoms with van der Waals surface area (Å²) in [5.41, 5.74) is 1.00. The quantitative estimate of drug-likeness (QED) is 0.767. The van der Waals surface area contributed by atoms with Gasteiger partial charge < -0.3 is 4.74 Å². The number of esters is 1. The minimum absolute atomic E-state index is 0.190. The Labute approximate surface area is 107 Å². The van der Waals surface area contributed by atoms with Crippen molar-refractivity contribution in [2.24, 2.45) is 5.41 Å². The first kappa shape index (κ1) is 12.8. The predicted molar refractivity (Wildman–Crippen MR) is 68.1 cm³/mol. The highest BCUT2D eigenvalue weighted by Crippen LogP contribution is 2.39. The molecule has 3 heteroatoms. The molecule has 1 unspecified atom stereocenters. The van der Waals surface area contributed by atoms with E-state index in [0.29, 0.717) is 19.4 Å². The van der Waals surface area contributed by atoms with E-state index in [1.807, 2.05) is 18.2 Å². The molecule has 0 amide bonds. The zero-order chi connectivity index (χ0) is 13.0. The summed E-state index contributed by atoms with van der Waals surface area (Å²) in [5, 5.41) is 0. The van der Waals surface area contributed by atoms with Crippen LogP contribution >= 0.6 is 0 Å². The van der Waals surface area contributed by atoms with Gasteiger partial charge in [-0.1, -0.05) is 30.3 Å². The van der Waals surface area contributed by atoms with E-state index in [2.05, 4.69) is 12.1 Å². The minimum Gasteiger partial charge on any atom is -0.465 e. The fourth-order valence-corrected chi connectivity index (χ4v) is 2.61.